The van der Waals surface area contributed by atoms with Gasteiger partial charge >= 0.3 is 0 Å². The molecular weight excluding hydrogens is 328 g/mol. The summed E-state index contributed by atoms with van der Waals surface area (Å²) in [7, 11) is -6.54. The van der Waals surface area contributed by atoms with Crippen LogP contribution in [0.15, 0.2) is 0 Å². The molecule has 0 rings (SSSR count). The molecule has 0 aromatic heterocycles. The SMILES string of the molecule is CC(C)(C)C(CBr)CS(=O)(=O)CCS(C)(=O)=O. The molecule has 0 heterocycles. The van der Waals surface area contributed by atoms with Gasteiger partial charge in [0.05, 0.1) is 17.3 Å². The first-order chi connectivity index (χ1) is 7.37. The lowest BCUT2D eigenvalue weighted by atomic mass is 9.83. The van der Waals surface area contributed by atoms with Crippen LogP contribution >= 0.6 is 15.9 Å². The number of hydrogen-bond donors (Lipinski definition) is 0. The molecule has 0 aliphatic heterocycles. The Bertz CT molecular complexity index is 431. The molecule has 0 N–H and O–H groups in total. The lowest BCUT2D eigenvalue weighted by Crippen LogP contribution is -2.31. The van der Waals surface area contributed by atoms with E-state index in [1.807, 2.05) is 20.8 Å². The van der Waals surface area contributed by atoms with Gasteiger partial charge in [-0.25, -0.2) is 16.8 Å². The molecule has 0 saturated heterocycles. The molecule has 0 aliphatic carbocycles. The normalized spacial score (nSPS) is 15.8. The van der Waals surface area contributed by atoms with Gasteiger partial charge in [-0.2, -0.15) is 0 Å². The minimum Gasteiger partial charge on any atom is -0.229 e. The molecule has 1 unspecified atom stereocenters. The van der Waals surface area contributed by atoms with Crippen LogP contribution in [0.2, 0.25) is 0 Å². The van der Waals surface area contributed by atoms with E-state index in [1.165, 1.54) is 0 Å². The molecule has 0 amide bonds. The van der Waals surface area contributed by atoms with Gasteiger partial charge in [0.2, 0.25) is 0 Å². The van der Waals surface area contributed by atoms with Crippen molar-refractivity contribution in [2.24, 2.45) is 11.3 Å². The van der Waals surface area contributed by atoms with E-state index in [9.17, 15) is 16.8 Å². The third-order valence-corrected chi connectivity index (χ3v) is 6.35. The molecular formula is C10H21BrO4S2. The first-order valence-electron chi connectivity index (χ1n) is 5.31. The molecule has 0 saturated carbocycles. The van der Waals surface area contributed by atoms with Gasteiger partial charge in [-0.1, -0.05) is 36.7 Å². The molecule has 0 fully saturated rings. The van der Waals surface area contributed by atoms with Gasteiger partial charge in [0, 0.05) is 11.6 Å². The molecule has 0 aromatic rings. The Labute approximate surface area is 113 Å². The molecule has 0 radical (unpaired) electrons. The summed E-state index contributed by atoms with van der Waals surface area (Å²) < 4.78 is 45.5. The van der Waals surface area contributed by atoms with Crippen LogP contribution in [0.1, 0.15) is 20.8 Å². The molecule has 1 atom stereocenters. The highest BCUT2D eigenvalue weighted by atomic mass is 79.9. The fourth-order valence-electron chi connectivity index (χ4n) is 1.19. The summed E-state index contributed by atoms with van der Waals surface area (Å²) in [6.45, 7) is 5.93. The van der Waals surface area contributed by atoms with E-state index in [2.05, 4.69) is 15.9 Å². The van der Waals surface area contributed by atoms with Crippen LogP contribution in [0.3, 0.4) is 0 Å². The Balaban J connectivity index is 4.65. The maximum Gasteiger partial charge on any atom is 0.151 e. The monoisotopic (exact) mass is 348 g/mol. The smallest absolute Gasteiger partial charge is 0.151 e. The van der Waals surface area contributed by atoms with Gasteiger partial charge < -0.3 is 0 Å². The van der Waals surface area contributed by atoms with Gasteiger partial charge in [-0.15, -0.1) is 0 Å². The van der Waals surface area contributed by atoms with E-state index in [-0.39, 0.29) is 28.6 Å². The molecule has 0 aromatic carbocycles. The predicted molar refractivity (Wildman–Crippen MR) is 75.1 cm³/mol. The van der Waals surface area contributed by atoms with Crippen molar-refractivity contribution >= 4 is 35.6 Å². The molecule has 4 nitrogen and oxygen atoms in total. The first kappa shape index (κ1) is 17.4. The van der Waals surface area contributed by atoms with Crippen molar-refractivity contribution in [3.05, 3.63) is 0 Å². The standard InChI is InChI=1S/C10H21BrO4S2/c1-10(2,3)9(7-11)8-17(14,15)6-5-16(4,12)13/h9H,5-8H2,1-4H3. The highest BCUT2D eigenvalue weighted by molar-refractivity contribution is 9.09. The third-order valence-electron chi connectivity index (χ3n) is 2.63. The van der Waals surface area contributed by atoms with Crippen LogP contribution in [-0.2, 0) is 19.7 Å². The van der Waals surface area contributed by atoms with E-state index >= 15 is 0 Å². The zero-order valence-electron chi connectivity index (χ0n) is 10.7. The van der Waals surface area contributed by atoms with Crippen LogP contribution < -0.4 is 0 Å². The second kappa shape index (κ2) is 6.02. The summed E-state index contributed by atoms with van der Waals surface area (Å²) in [5.41, 5.74) is -0.123. The van der Waals surface area contributed by atoms with E-state index < -0.39 is 19.7 Å². The van der Waals surface area contributed by atoms with Crippen molar-refractivity contribution in [2.45, 2.75) is 20.8 Å². The molecule has 104 valence electrons. The van der Waals surface area contributed by atoms with Crippen molar-refractivity contribution < 1.29 is 16.8 Å². The Morgan fingerprint density at radius 3 is 1.82 bits per heavy atom. The quantitative estimate of drug-likeness (QED) is 0.682. The van der Waals surface area contributed by atoms with Crippen LogP contribution in [0.4, 0.5) is 0 Å². The van der Waals surface area contributed by atoms with Crippen LogP contribution in [-0.4, -0.2) is 45.7 Å². The van der Waals surface area contributed by atoms with Gasteiger partial charge in [0.15, 0.2) is 9.84 Å². The number of halogens is 1. The second-order valence-corrected chi connectivity index (χ2v) is 10.6. The largest absolute Gasteiger partial charge is 0.229 e. The molecule has 7 heteroatoms. The third kappa shape index (κ3) is 8.15. The van der Waals surface area contributed by atoms with Gasteiger partial charge in [0.25, 0.3) is 0 Å². The second-order valence-electron chi connectivity index (χ2n) is 5.46. The van der Waals surface area contributed by atoms with Crippen molar-refractivity contribution in [3.8, 4) is 0 Å². The van der Waals surface area contributed by atoms with Crippen molar-refractivity contribution in [1.82, 2.24) is 0 Å². The van der Waals surface area contributed by atoms with Crippen LogP contribution in [0.25, 0.3) is 0 Å². The Morgan fingerprint density at radius 2 is 1.53 bits per heavy atom. The molecule has 0 spiro atoms. The highest BCUT2D eigenvalue weighted by Crippen LogP contribution is 2.28. The zero-order valence-corrected chi connectivity index (χ0v) is 14.0. The lowest BCUT2D eigenvalue weighted by Gasteiger charge is -2.28. The summed E-state index contributed by atoms with van der Waals surface area (Å²) in [6, 6.07) is 0. The van der Waals surface area contributed by atoms with E-state index in [1.54, 1.807) is 0 Å². The van der Waals surface area contributed by atoms with Crippen LogP contribution in [0, 0.1) is 11.3 Å². The average molecular weight is 349 g/mol. The van der Waals surface area contributed by atoms with Gasteiger partial charge in [-0.05, 0) is 11.3 Å². The number of alkyl halides is 1. The topological polar surface area (TPSA) is 68.3 Å². The van der Waals surface area contributed by atoms with E-state index in [4.69, 9.17) is 0 Å². The van der Waals surface area contributed by atoms with Gasteiger partial charge in [0.1, 0.15) is 9.84 Å². The first-order valence-corrected chi connectivity index (χ1v) is 10.3. The number of rotatable bonds is 6. The summed E-state index contributed by atoms with van der Waals surface area (Å²) in [5, 5.41) is 0.592. The Kier molecular flexibility index (Phi) is 6.15. The van der Waals surface area contributed by atoms with E-state index in [0.717, 1.165) is 6.26 Å². The Morgan fingerprint density at radius 1 is 1.06 bits per heavy atom. The fraction of sp³-hybridized carbons (Fsp3) is 1.00. The highest BCUT2D eigenvalue weighted by Gasteiger charge is 2.29. The van der Waals surface area contributed by atoms with Crippen molar-refractivity contribution in [3.63, 3.8) is 0 Å². The average Bonchev–Trinajstić information content (AvgIpc) is 2.08. The summed E-state index contributed by atoms with van der Waals surface area (Å²) in [6.07, 6.45) is 1.05. The lowest BCUT2D eigenvalue weighted by molar-refractivity contribution is 0.291. The van der Waals surface area contributed by atoms with Gasteiger partial charge in [-0.3, -0.25) is 0 Å². The van der Waals surface area contributed by atoms with Crippen molar-refractivity contribution in [1.29, 1.82) is 0 Å². The molecule has 17 heavy (non-hydrogen) atoms. The molecule has 0 aliphatic rings. The summed E-state index contributed by atoms with van der Waals surface area (Å²) >= 11 is 3.31. The maximum atomic E-state index is 11.8. The Hall–Kier alpha value is 0.380. The summed E-state index contributed by atoms with van der Waals surface area (Å²) in [4.78, 5) is 0. The molecule has 0 bridgehead atoms. The zero-order chi connectivity index (χ0) is 13.9. The minimum absolute atomic E-state index is 0.0212. The number of hydrogen-bond acceptors (Lipinski definition) is 4. The summed E-state index contributed by atoms with van der Waals surface area (Å²) in [5.74, 6) is -0.580. The number of sulfone groups is 2. The predicted octanol–water partition coefficient (Wildman–Crippen LogP) is 1.50. The van der Waals surface area contributed by atoms with Crippen molar-refractivity contribution in [2.75, 3.05) is 28.8 Å². The van der Waals surface area contributed by atoms with Crippen LogP contribution in [0.5, 0.6) is 0 Å². The minimum atomic E-state index is -3.32. The van der Waals surface area contributed by atoms with E-state index in [0.29, 0.717) is 5.33 Å². The fourth-order valence-corrected chi connectivity index (χ4v) is 6.32. The maximum absolute atomic E-state index is 11.8.